The number of carbonyl (C=O) groups is 1. The summed E-state index contributed by atoms with van der Waals surface area (Å²) in [6, 6.07) is 0. The molecule has 0 aliphatic rings. The molecule has 0 spiro atoms. The minimum absolute atomic E-state index is 0. The van der Waals surface area contributed by atoms with Crippen LogP contribution in [0.5, 0.6) is 0 Å². The van der Waals surface area contributed by atoms with Crippen molar-refractivity contribution in [3.8, 4) is 0 Å². The predicted octanol–water partition coefficient (Wildman–Crippen LogP) is -0.297. The molecule has 0 aromatic rings. The smallest absolute Gasteiger partial charge is 0.548 e. The van der Waals surface area contributed by atoms with Gasteiger partial charge in [-0.25, -0.2) is 0 Å². The Labute approximate surface area is 67.5 Å². The molecule has 0 saturated carbocycles. The van der Waals surface area contributed by atoms with Crippen molar-refractivity contribution in [2.45, 2.75) is 0 Å². The summed E-state index contributed by atoms with van der Waals surface area (Å²) in [6.07, 6.45) is 2.77. The molecule has 0 bridgehead atoms. The molecule has 3 nitrogen and oxygen atoms in total. The maximum atomic E-state index is 9.87. The van der Waals surface area contributed by atoms with Gasteiger partial charge in [-0.2, -0.15) is 6.20 Å². The van der Waals surface area contributed by atoms with Crippen LogP contribution in [0.3, 0.4) is 0 Å². The summed E-state index contributed by atoms with van der Waals surface area (Å²) >= 11 is 0. The van der Waals surface area contributed by atoms with Gasteiger partial charge in [0.05, 0.1) is 0 Å². The molecule has 0 aromatic carbocycles. The van der Waals surface area contributed by atoms with E-state index in [1.165, 1.54) is 0 Å². The molecule has 0 saturated heterocycles. The fourth-order valence-corrected chi connectivity index (χ4v) is 0.181. The number of carboxylic acid groups (broad SMARTS) is 1. The van der Waals surface area contributed by atoms with Gasteiger partial charge in [-0.05, 0) is 0 Å². The second kappa shape index (κ2) is 5.57. The topological polar surface area (TPSA) is 63.3 Å². The van der Waals surface area contributed by atoms with Crippen LogP contribution >= 0.6 is 0 Å². The summed E-state index contributed by atoms with van der Waals surface area (Å²) in [4.78, 5) is 9.87. The molecule has 0 atom stereocenters. The summed E-state index contributed by atoms with van der Waals surface area (Å²) < 4.78 is 0. The average molecular weight is 295 g/mol. The van der Waals surface area contributed by atoms with Crippen LogP contribution in [0.15, 0.2) is 11.6 Å². The van der Waals surface area contributed by atoms with Crippen molar-refractivity contribution in [3.63, 3.8) is 0 Å². The van der Waals surface area contributed by atoms with E-state index in [0.717, 1.165) is 6.08 Å². The fourth-order valence-electron chi connectivity index (χ4n) is 0.181. The predicted molar refractivity (Wildman–Crippen MR) is 27.4 cm³/mol. The minimum Gasteiger partial charge on any atom is -0.548 e. The quantitative estimate of drug-likeness (QED) is 0.318. The van der Waals surface area contributed by atoms with Gasteiger partial charge in [0.15, 0.2) is 0 Å². The SMILES string of the molecule is [CH-]=CC(=[C-]N)C(=O)O.[W+2]. The van der Waals surface area contributed by atoms with E-state index in [1.807, 2.05) is 6.20 Å². The first-order valence-corrected chi connectivity index (χ1v) is 1.84. The molecule has 0 aromatic heterocycles. The van der Waals surface area contributed by atoms with E-state index < -0.39 is 5.97 Å². The number of hydrogen-bond donors (Lipinski definition) is 2. The molecular weight excluding hydrogens is 290 g/mol. The first kappa shape index (κ1) is 11.3. The van der Waals surface area contributed by atoms with E-state index in [0.29, 0.717) is 0 Å². The Hall–Kier alpha value is -0.562. The summed E-state index contributed by atoms with van der Waals surface area (Å²) in [5.41, 5.74) is 4.49. The molecule has 0 rings (SSSR count). The van der Waals surface area contributed by atoms with Gasteiger partial charge in [0.25, 0.3) is 0 Å². The van der Waals surface area contributed by atoms with Crippen LogP contribution in [0, 0.1) is 12.8 Å². The molecule has 0 fully saturated rings. The molecular formula is C5H5NO2W. The van der Waals surface area contributed by atoms with Crippen LogP contribution in [0.25, 0.3) is 0 Å². The Bertz CT molecular complexity index is 142. The van der Waals surface area contributed by atoms with E-state index in [1.54, 1.807) is 0 Å². The zero-order valence-electron chi connectivity index (χ0n) is 4.50. The molecule has 0 radical (unpaired) electrons. The third-order valence-corrected chi connectivity index (χ3v) is 0.553. The van der Waals surface area contributed by atoms with Crippen LogP contribution in [0.2, 0.25) is 0 Å². The van der Waals surface area contributed by atoms with Gasteiger partial charge >= 0.3 is 21.1 Å². The number of aliphatic carboxylic acids is 1. The van der Waals surface area contributed by atoms with Crippen molar-refractivity contribution < 1.29 is 31.0 Å². The van der Waals surface area contributed by atoms with Crippen molar-refractivity contribution in [2.75, 3.05) is 0 Å². The number of nitrogens with two attached hydrogens (primary N) is 1. The molecule has 48 valence electrons. The monoisotopic (exact) mass is 295 g/mol. The Morgan fingerprint density at radius 1 is 1.78 bits per heavy atom. The molecule has 0 unspecified atom stereocenters. The Morgan fingerprint density at radius 3 is 2.22 bits per heavy atom. The maximum absolute atomic E-state index is 9.87. The van der Waals surface area contributed by atoms with E-state index in [-0.39, 0.29) is 26.6 Å². The standard InChI is InChI=1S/C5H5NO2.W/c1-2-4(3-6)5(7)8;/h1-2H,6H2,(H,7,8);/q-2;+2. The van der Waals surface area contributed by atoms with Crippen LogP contribution < -0.4 is 5.73 Å². The minimum atomic E-state index is -1.17. The Kier molecular flexibility index (Phi) is 6.97. The van der Waals surface area contributed by atoms with Gasteiger partial charge in [0.1, 0.15) is 5.97 Å². The van der Waals surface area contributed by atoms with Crippen molar-refractivity contribution >= 4 is 5.97 Å². The van der Waals surface area contributed by atoms with E-state index in [4.69, 9.17) is 17.4 Å². The summed E-state index contributed by atoms with van der Waals surface area (Å²) in [7, 11) is 0. The van der Waals surface area contributed by atoms with E-state index in [2.05, 4.69) is 0 Å². The van der Waals surface area contributed by atoms with Crippen LogP contribution in [-0.2, 0) is 25.9 Å². The maximum Gasteiger partial charge on any atom is 2.00 e. The third kappa shape index (κ3) is 3.98. The summed E-state index contributed by atoms with van der Waals surface area (Å²) in [6.45, 7) is 4.80. The summed E-state index contributed by atoms with van der Waals surface area (Å²) in [5, 5.41) is 8.08. The van der Waals surface area contributed by atoms with E-state index >= 15 is 0 Å². The average Bonchev–Trinajstić information content (AvgIpc) is 1.69. The van der Waals surface area contributed by atoms with Crippen LogP contribution in [0.4, 0.5) is 0 Å². The Morgan fingerprint density at radius 2 is 2.22 bits per heavy atom. The van der Waals surface area contributed by atoms with Crippen molar-refractivity contribution in [3.05, 3.63) is 24.4 Å². The molecule has 9 heavy (non-hydrogen) atoms. The van der Waals surface area contributed by atoms with Crippen LogP contribution in [0.1, 0.15) is 0 Å². The number of hydrogen-bond acceptors (Lipinski definition) is 2. The largest absolute Gasteiger partial charge is 2.00 e. The normalized spacial score (nSPS) is 9.56. The van der Waals surface area contributed by atoms with Crippen LogP contribution in [-0.4, -0.2) is 11.1 Å². The zero-order chi connectivity index (χ0) is 6.57. The number of rotatable bonds is 2. The molecule has 0 aliphatic carbocycles. The molecule has 0 aliphatic heterocycles. The number of carboxylic acids is 1. The molecule has 0 heterocycles. The molecule has 0 amide bonds. The molecule has 3 N–H and O–H groups in total. The fraction of sp³-hybridized carbons (Fsp3) is 0. The first-order chi connectivity index (χ1) is 3.72. The van der Waals surface area contributed by atoms with Gasteiger partial charge in [-0.15, -0.1) is 0 Å². The van der Waals surface area contributed by atoms with Gasteiger partial charge in [-0.1, -0.05) is 0 Å². The van der Waals surface area contributed by atoms with Crippen molar-refractivity contribution in [1.29, 1.82) is 0 Å². The first-order valence-electron chi connectivity index (χ1n) is 1.84. The molecule has 4 heteroatoms. The van der Waals surface area contributed by atoms with Crippen molar-refractivity contribution in [1.82, 2.24) is 0 Å². The second-order valence-corrected chi connectivity index (χ2v) is 1.03. The van der Waals surface area contributed by atoms with E-state index in [9.17, 15) is 4.79 Å². The van der Waals surface area contributed by atoms with Gasteiger partial charge < -0.3 is 28.3 Å². The van der Waals surface area contributed by atoms with Gasteiger partial charge in [-0.3, -0.25) is 5.57 Å². The third-order valence-electron chi connectivity index (χ3n) is 0.553. The summed E-state index contributed by atoms with van der Waals surface area (Å²) in [5.74, 6) is -1.17. The van der Waals surface area contributed by atoms with Gasteiger partial charge in [0, 0.05) is 0 Å². The van der Waals surface area contributed by atoms with Gasteiger partial charge in [0.2, 0.25) is 0 Å². The van der Waals surface area contributed by atoms with Crippen molar-refractivity contribution in [2.24, 2.45) is 5.73 Å². The zero-order valence-corrected chi connectivity index (χ0v) is 7.43. The second-order valence-electron chi connectivity index (χ2n) is 1.03. The Balaban J connectivity index is 0.